The lowest BCUT2D eigenvalue weighted by molar-refractivity contribution is -0.250. The Balaban J connectivity index is 1.69. The van der Waals surface area contributed by atoms with Crippen molar-refractivity contribution in [3.05, 3.63) is 48.0 Å². The summed E-state index contributed by atoms with van der Waals surface area (Å²) in [5.74, 6) is 0.732. The van der Waals surface area contributed by atoms with Crippen molar-refractivity contribution in [3.8, 4) is 5.75 Å². The first kappa shape index (κ1) is 20.4. The number of aliphatic hydroxyl groups is 4. The first-order valence-corrected chi connectivity index (χ1v) is 9.37. The number of nitrogens with zero attached hydrogens (tertiary/aromatic N) is 4. The summed E-state index contributed by atoms with van der Waals surface area (Å²) in [6.45, 7) is -0.157. The van der Waals surface area contributed by atoms with Crippen molar-refractivity contribution in [3.63, 3.8) is 0 Å². The second kappa shape index (κ2) is 8.50. The average Bonchev–Trinajstić information content (AvgIpc) is 3.27. The molecule has 0 spiro atoms. The number of rotatable bonds is 5. The highest BCUT2D eigenvalue weighted by Crippen LogP contribution is 2.29. The Hall–Kier alpha value is -2.83. The molecule has 0 bridgehead atoms. The molecule has 0 aliphatic carbocycles. The van der Waals surface area contributed by atoms with Crippen molar-refractivity contribution >= 4 is 11.2 Å². The number of H-pyrrole nitrogens is 1. The highest BCUT2D eigenvalue weighted by Gasteiger charge is 2.44. The summed E-state index contributed by atoms with van der Waals surface area (Å²) in [4.78, 5) is 16.1. The van der Waals surface area contributed by atoms with Gasteiger partial charge in [0.05, 0.1) is 26.6 Å². The smallest absolute Gasteiger partial charge is 0.177 e. The van der Waals surface area contributed by atoms with E-state index < -0.39 is 37.3 Å². The van der Waals surface area contributed by atoms with E-state index in [1.807, 2.05) is 24.3 Å². The summed E-state index contributed by atoms with van der Waals surface area (Å²) in [5.41, 5.74) is 2.25. The van der Waals surface area contributed by atoms with Crippen LogP contribution in [0.2, 0.25) is 0 Å². The Morgan fingerprint density at radius 2 is 2.03 bits per heavy atom. The summed E-state index contributed by atoms with van der Waals surface area (Å²) in [6, 6.07) is 7.53. The van der Waals surface area contributed by atoms with Gasteiger partial charge in [0.15, 0.2) is 17.4 Å². The van der Waals surface area contributed by atoms with Crippen LogP contribution >= 0.6 is 0 Å². The lowest BCUT2D eigenvalue weighted by Gasteiger charge is -2.40. The van der Waals surface area contributed by atoms with Crippen LogP contribution in [0.25, 0.3) is 11.2 Å². The number of imidazole rings is 1. The van der Waals surface area contributed by atoms with Gasteiger partial charge in [-0.2, -0.15) is 0 Å². The molecule has 0 saturated carbocycles. The first-order valence-electron chi connectivity index (χ1n) is 9.37. The van der Waals surface area contributed by atoms with Crippen LogP contribution in [0.3, 0.4) is 0 Å². The van der Waals surface area contributed by atoms with Crippen LogP contribution < -0.4 is 10.2 Å². The number of aromatic amines is 1. The molecule has 1 aromatic carbocycles. The molecule has 11 heteroatoms. The van der Waals surface area contributed by atoms with Crippen molar-refractivity contribution in [2.45, 2.75) is 37.2 Å². The van der Waals surface area contributed by atoms with Crippen LogP contribution in [0.15, 0.2) is 41.9 Å². The van der Waals surface area contributed by atoms with Gasteiger partial charge in [-0.05, 0) is 17.7 Å². The van der Waals surface area contributed by atoms with Gasteiger partial charge in [0.2, 0.25) is 0 Å². The number of hydrogen-bond acceptors (Lipinski definition) is 9. The molecule has 30 heavy (non-hydrogen) atoms. The van der Waals surface area contributed by atoms with Crippen molar-refractivity contribution in [1.82, 2.24) is 19.5 Å². The standard InChI is InChI=1S/C19H23N5O6/c1-29-11-4-2-3-10(5-11)6-20-17-13-18(22-8-21-13)24(9-23-17)19-16(28)15(27)14(26)12(7-25)30-19/h2-5,8-9,12,14-16,19,25-28H,6-7H2,1H3,(H,21,22)/t12-,14-,15+,16-,19?/m1/s1. The zero-order valence-corrected chi connectivity index (χ0v) is 16.2. The summed E-state index contributed by atoms with van der Waals surface area (Å²) in [7, 11) is 1.60. The molecule has 5 N–H and O–H groups in total. The van der Waals surface area contributed by atoms with Gasteiger partial charge in [0.25, 0.3) is 0 Å². The highest BCUT2D eigenvalue weighted by molar-refractivity contribution is 5.68. The van der Waals surface area contributed by atoms with Crippen LogP contribution in [-0.4, -0.2) is 78.1 Å². The third-order valence-corrected chi connectivity index (χ3v) is 5.08. The maximum absolute atomic E-state index is 10.4. The SMILES string of the molecule is COc1cccc(CN=c2ncn(C3O[C@H](CO)[C@@H](O)[C@H](O)[C@H]3O)c3nc[nH]c23)c1. The predicted octanol–water partition coefficient (Wildman–Crippen LogP) is -1.16. The van der Waals surface area contributed by atoms with E-state index in [1.54, 1.807) is 7.11 Å². The number of hydrogen-bond donors (Lipinski definition) is 5. The number of aliphatic hydroxyl groups excluding tert-OH is 4. The van der Waals surface area contributed by atoms with E-state index in [4.69, 9.17) is 9.47 Å². The second-order valence-corrected chi connectivity index (χ2v) is 6.96. The Bertz CT molecular complexity index is 1080. The number of methoxy groups -OCH3 is 1. The maximum Gasteiger partial charge on any atom is 0.177 e. The van der Waals surface area contributed by atoms with E-state index in [9.17, 15) is 20.4 Å². The van der Waals surface area contributed by atoms with Crippen LogP contribution in [0.4, 0.5) is 0 Å². The Labute approximate surface area is 170 Å². The minimum Gasteiger partial charge on any atom is -0.497 e. The molecule has 1 saturated heterocycles. The lowest BCUT2D eigenvalue weighted by Crippen LogP contribution is -2.56. The van der Waals surface area contributed by atoms with E-state index >= 15 is 0 Å². The van der Waals surface area contributed by atoms with E-state index in [-0.39, 0.29) is 0 Å². The molecule has 1 unspecified atom stereocenters. The zero-order valence-electron chi connectivity index (χ0n) is 16.2. The predicted molar refractivity (Wildman–Crippen MR) is 103 cm³/mol. The molecule has 4 rings (SSSR count). The molecule has 3 aromatic rings. The number of fused-ring (bicyclic) bond motifs is 1. The molecule has 2 aromatic heterocycles. The fraction of sp³-hybridized carbons (Fsp3) is 0.421. The molecule has 0 radical (unpaired) electrons. The molecule has 1 aliphatic rings. The van der Waals surface area contributed by atoms with Crippen LogP contribution in [0.5, 0.6) is 5.75 Å². The fourth-order valence-corrected chi connectivity index (χ4v) is 3.44. The van der Waals surface area contributed by atoms with Gasteiger partial charge >= 0.3 is 0 Å². The Kier molecular flexibility index (Phi) is 5.79. The lowest BCUT2D eigenvalue weighted by atomic mass is 9.98. The first-order chi connectivity index (χ1) is 14.5. The second-order valence-electron chi connectivity index (χ2n) is 6.96. The summed E-state index contributed by atoms with van der Waals surface area (Å²) >= 11 is 0. The molecule has 1 aliphatic heterocycles. The van der Waals surface area contributed by atoms with Gasteiger partial charge in [-0.15, -0.1) is 0 Å². The van der Waals surface area contributed by atoms with Crippen LogP contribution in [-0.2, 0) is 11.3 Å². The number of nitrogens with one attached hydrogen (secondary N) is 1. The molecular weight excluding hydrogens is 394 g/mol. The molecule has 11 nitrogen and oxygen atoms in total. The van der Waals surface area contributed by atoms with Crippen molar-refractivity contribution in [1.29, 1.82) is 0 Å². The molecule has 3 heterocycles. The van der Waals surface area contributed by atoms with E-state index in [1.165, 1.54) is 17.2 Å². The number of benzene rings is 1. The van der Waals surface area contributed by atoms with Crippen molar-refractivity contribution in [2.75, 3.05) is 13.7 Å². The third kappa shape index (κ3) is 3.68. The maximum atomic E-state index is 10.4. The number of aromatic nitrogens is 4. The monoisotopic (exact) mass is 417 g/mol. The Morgan fingerprint density at radius 1 is 1.20 bits per heavy atom. The normalized spacial score (nSPS) is 27.5. The molecule has 1 fully saturated rings. The minimum absolute atomic E-state index is 0.363. The molecule has 160 valence electrons. The van der Waals surface area contributed by atoms with Crippen molar-refractivity contribution < 1.29 is 29.9 Å². The van der Waals surface area contributed by atoms with Crippen LogP contribution in [0.1, 0.15) is 11.8 Å². The van der Waals surface area contributed by atoms with Crippen LogP contribution in [0, 0.1) is 0 Å². The highest BCUT2D eigenvalue weighted by atomic mass is 16.6. The fourth-order valence-electron chi connectivity index (χ4n) is 3.44. The van der Waals surface area contributed by atoms with Gasteiger partial charge in [0.1, 0.15) is 42.0 Å². The quantitative estimate of drug-likeness (QED) is 0.348. The summed E-state index contributed by atoms with van der Waals surface area (Å²) in [5, 5.41) is 39.9. The van der Waals surface area contributed by atoms with Gasteiger partial charge in [0, 0.05) is 0 Å². The summed E-state index contributed by atoms with van der Waals surface area (Å²) < 4.78 is 12.3. The van der Waals surface area contributed by atoms with Gasteiger partial charge in [-0.25, -0.2) is 9.97 Å². The van der Waals surface area contributed by atoms with E-state index in [0.717, 1.165) is 11.3 Å². The Morgan fingerprint density at radius 3 is 2.80 bits per heavy atom. The third-order valence-electron chi connectivity index (χ3n) is 5.08. The molecule has 5 atom stereocenters. The van der Waals surface area contributed by atoms with Gasteiger partial charge in [-0.1, -0.05) is 12.1 Å². The van der Waals surface area contributed by atoms with E-state index in [2.05, 4.69) is 19.9 Å². The molecule has 0 amide bonds. The topological polar surface area (TPSA) is 158 Å². The number of ether oxygens (including phenoxy) is 2. The molecular formula is C19H23N5O6. The minimum atomic E-state index is -1.50. The zero-order chi connectivity index (χ0) is 21.3. The van der Waals surface area contributed by atoms with E-state index in [0.29, 0.717) is 23.2 Å². The summed E-state index contributed by atoms with van der Waals surface area (Å²) in [6.07, 6.45) is -3.69. The van der Waals surface area contributed by atoms with Gasteiger partial charge in [-0.3, -0.25) is 9.56 Å². The largest absolute Gasteiger partial charge is 0.497 e. The van der Waals surface area contributed by atoms with Crippen molar-refractivity contribution in [2.24, 2.45) is 4.99 Å². The van der Waals surface area contributed by atoms with Gasteiger partial charge < -0.3 is 34.9 Å². The average molecular weight is 417 g/mol.